The smallest absolute Gasteiger partial charge is 0.326 e. The largest absolute Gasteiger partial charge is 0.480 e. The van der Waals surface area contributed by atoms with Crippen LogP contribution in [0.2, 0.25) is 0 Å². The number of aliphatic carboxylic acids is 2. The average molecular weight is 837 g/mol. The van der Waals surface area contributed by atoms with Gasteiger partial charge in [-0.1, -0.05) is 75.9 Å². The normalized spacial score (nSPS) is 22.5. The van der Waals surface area contributed by atoms with E-state index in [2.05, 4.69) is 10.6 Å². The summed E-state index contributed by atoms with van der Waals surface area (Å²) in [7, 11) is 0. The summed E-state index contributed by atoms with van der Waals surface area (Å²) >= 11 is 2.06. The summed E-state index contributed by atoms with van der Waals surface area (Å²) in [6, 6.07) is -2.70. The first kappa shape index (κ1) is 49.3. The number of nitrogens with one attached hydrogen (secondary N) is 2. The number of likely N-dealkylation sites (tertiary alicyclic amines) is 2. The van der Waals surface area contributed by atoms with Gasteiger partial charge < -0.3 is 30.6 Å². The quantitative estimate of drug-likeness (QED) is 0.185. The van der Waals surface area contributed by atoms with Crippen LogP contribution in [0.1, 0.15) is 118 Å². The van der Waals surface area contributed by atoms with E-state index in [1.807, 2.05) is 0 Å². The van der Waals surface area contributed by atoms with E-state index in [-0.39, 0.29) is 94.9 Å². The Hall–Kier alpha value is -1.88. The Morgan fingerprint density at radius 3 is 1.18 bits per heavy atom. The first-order chi connectivity index (χ1) is 25.6. The Kier molecular flexibility index (Phi) is 22.2. The van der Waals surface area contributed by atoms with Crippen LogP contribution in [0.15, 0.2) is 0 Å². The van der Waals surface area contributed by atoms with Crippen LogP contribution in [0.4, 0.5) is 0 Å². The van der Waals surface area contributed by atoms with Gasteiger partial charge in [0.1, 0.15) is 12.1 Å². The molecular weight excluding hydrogens is 777 g/mol. The predicted molar refractivity (Wildman–Crippen MR) is 212 cm³/mol. The van der Waals surface area contributed by atoms with Crippen molar-refractivity contribution in [3.8, 4) is 0 Å². The van der Waals surface area contributed by atoms with Crippen LogP contribution in [0.5, 0.6) is 0 Å². The van der Waals surface area contributed by atoms with Crippen molar-refractivity contribution in [3.63, 3.8) is 0 Å². The number of nitrogens with zero attached hydrogens (tertiary/aromatic N) is 2. The minimum atomic E-state index is -0.976. The van der Waals surface area contributed by atoms with Crippen LogP contribution in [0.3, 0.4) is 0 Å². The van der Waals surface area contributed by atoms with Crippen molar-refractivity contribution in [1.29, 1.82) is 0 Å². The fourth-order valence-corrected chi connectivity index (χ4v) is 9.19. The van der Waals surface area contributed by atoms with E-state index in [0.29, 0.717) is 38.8 Å². The molecule has 4 rings (SSSR count). The number of thioether (sulfide) groups is 2. The maximum Gasteiger partial charge on any atom is 0.326 e. The molecule has 0 aromatic heterocycles. The molecule has 0 unspecified atom stereocenters. The fourth-order valence-electron chi connectivity index (χ4n) is 7.46. The number of carbonyl (C=O) groups excluding carboxylic acids is 6. The van der Waals surface area contributed by atoms with Crippen LogP contribution < -0.4 is 10.6 Å². The Morgan fingerprint density at radius 1 is 0.545 bits per heavy atom. The van der Waals surface area contributed by atoms with Gasteiger partial charge in [0.15, 0.2) is 0 Å². The molecule has 0 aromatic carbocycles. The van der Waals surface area contributed by atoms with Crippen LogP contribution in [0.25, 0.3) is 0 Å². The molecule has 0 spiro atoms. The molecule has 14 nitrogen and oxygen atoms in total. The molecule has 4 fully saturated rings. The number of carboxylic acid groups (broad SMARTS) is 2. The van der Waals surface area contributed by atoms with E-state index in [1.165, 1.54) is 22.6 Å². The zero-order valence-corrected chi connectivity index (χ0v) is 36.8. The summed E-state index contributed by atoms with van der Waals surface area (Å²) in [4.78, 5) is 99.4. The van der Waals surface area contributed by atoms with Gasteiger partial charge in [0, 0.05) is 86.0 Å². The summed E-state index contributed by atoms with van der Waals surface area (Å²) in [5, 5.41) is 23.7. The van der Waals surface area contributed by atoms with Gasteiger partial charge in [0.05, 0.1) is 12.1 Å². The van der Waals surface area contributed by atoms with Gasteiger partial charge in [-0.05, 0) is 65.2 Å². The standard InChI is InChI=1S/2C19H30N2O5S.Ca/c2*1-12(17(23)21-10-6-9-15(21)18(24)25)11-27-19(26)13(2)20-16(22)14-7-4-3-5-8-14;/h2*12-15H,3-11H2,1-2H3,(H,20,22)(H,24,25);/t2*12-,13-,15+;/m11./s1. The average Bonchev–Trinajstić information content (AvgIpc) is 3.87. The summed E-state index contributed by atoms with van der Waals surface area (Å²) in [6.07, 6.45) is 12.4. The number of amides is 4. The number of carboxylic acids is 2. The van der Waals surface area contributed by atoms with Gasteiger partial charge in [-0.3, -0.25) is 28.8 Å². The van der Waals surface area contributed by atoms with Crippen LogP contribution in [-0.4, -0.2) is 152 Å². The molecule has 0 aromatic rings. The Balaban J connectivity index is 0.000000373. The molecular formula is C38H60CaN4O10S2. The second kappa shape index (κ2) is 24.8. The van der Waals surface area contributed by atoms with E-state index in [1.54, 1.807) is 27.7 Å². The molecule has 306 valence electrons. The van der Waals surface area contributed by atoms with Gasteiger partial charge in [0.25, 0.3) is 0 Å². The second-order valence-corrected chi connectivity index (χ2v) is 17.3. The van der Waals surface area contributed by atoms with Gasteiger partial charge in [-0.25, -0.2) is 9.59 Å². The maximum atomic E-state index is 12.5. The Labute approximate surface area is 363 Å². The van der Waals surface area contributed by atoms with Crippen molar-refractivity contribution in [2.75, 3.05) is 24.6 Å². The molecule has 0 bridgehead atoms. The van der Waals surface area contributed by atoms with Gasteiger partial charge >= 0.3 is 11.9 Å². The fraction of sp³-hybridized carbons (Fsp3) is 0.789. The molecule has 2 saturated heterocycles. The minimum Gasteiger partial charge on any atom is -0.480 e. The molecule has 4 amide bonds. The zero-order valence-electron chi connectivity index (χ0n) is 32.9. The van der Waals surface area contributed by atoms with Crippen molar-refractivity contribution >= 4 is 107 Å². The topological polar surface area (TPSA) is 208 Å². The first-order valence-corrected chi connectivity index (χ1v) is 21.6. The van der Waals surface area contributed by atoms with Crippen LogP contribution in [0, 0.1) is 23.7 Å². The van der Waals surface area contributed by atoms with E-state index in [0.717, 1.165) is 74.9 Å². The van der Waals surface area contributed by atoms with Crippen molar-refractivity contribution in [2.24, 2.45) is 23.7 Å². The zero-order chi connectivity index (χ0) is 39.9. The van der Waals surface area contributed by atoms with Gasteiger partial charge in [-0.15, -0.1) is 0 Å². The van der Waals surface area contributed by atoms with E-state index < -0.39 is 47.9 Å². The monoisotopic (exact) mass is 836 g/mol. The first-order valence-electron chi connectivity index (χ1n) is 19.6. The Bertz CT molecular complexity index is 1260. The summed E-state index contributed by atoms with van der Waals surface area (Å²) in [6.45, 7) is 7.67. The third-order valence-corrected chi connectivity index (χ3v) is 13.4. The Morgan fingerprint density at radius 2 is 0.873 bits per heavy atom. The molecule has 2 radical (unpaired) electrons. The van der Waals surface area contributed by atoms with Crippen molar-refractivity contribution in [3.05, 3.63) is 0 Å². The molecule has 2 aliphatic heterocycles. The number of rotatable bonds is 14. The molecule has 6 atom stereocenters. The third kappa shape index (κ3) is 15.4. The van der Waals surface area contributed by atoms with Crippen molar-refractivity contribution in [2.45, 2.75) is 142 Å². The van der Waals surface area contributed by atoms with Crippen molar-refractivity contribution in [1.82, 2.24) is 20.4 Å². The summed E-state index contributed by atoms with van der Waals surface area (Å²) in [5.41, 5.74) is 0. The summed E-state index contributed by atoms with van der Waals surface area (Å²) in [5.74, 6) is -2.83. The van der Waals surface area contributed by atoms with Crippen LogP contribution >= 0.6 is 23.5 Å². The molecule has 2 aliphatic carbocycles. The number of hydrogen-bond donors (Lipinski definition) is 4. The van der Waals surface area contributed by atoms with Crippen molar-refractivity contribution < 1.29 is 48.6 Å². The van der Waals surface area contributed by atoms with Crippen LogP contribution in [-0.2, 0) is 38.4 Å². The third-order valence-electron chi connectivity index (χ3n) is 10.8. The van der Waals surface area contributed by atoms with E-state index >= 15 is 0 Å². The molecule has 2 heterocycles. The molecule has 55 heavy (non-hydrogen) atoms. The molecule has 4 aliphatic rings. The maximum absolute atomic E-state index is 12.5. The second-order valence-electron chi connectivity index (χ2n) is 15.2. The molecule has 2 saturated carbocycles. The van der Waals surface area contributed by atoms with E-state index in [4.69, 9.17) is 0 Å². The van der Waals surface area contributed by atoms with E-state index in [9.17, 15) is 48.6 Å². The van der Waals surface area contributed by atoms with Gasteiger partial charge in [0.2, 0.25) is 33.9 Å². The van der Waals surface area contributed by atoms with Gasteiger partial charge in [-0.2, -0.15) is 0 Å². The minimum absolute atomic E-state index is 0. The summed E-state index contributed by atoms with van der Waals surface area (Å²) < 4.78 is 0. The molecule has 17 heteroatoms. The SMILES string of the molecule is C[C@H](CSC(=O)[C@@H](C)NC(=O)C1CCCCC1)C(=O)N1CCC[C@H]1C(=O)O.C[C@H](CSC(=O)[C@@H](C)NC(=O)C1CCCCC1)C(=O)N1CCC[C@H]1C(=O)O.[Ca]. The predicted octanol–water partition coefficient (Wildman–Crippen LogP) is 3.71. The number of hydrogen-bond acceptors (Lipinski definition) is 10. The number of carbonyl (C=O) groups is 8. The molecule has 4 N–H and O–H groups in total.